The van der Waals surface area contributed by atoms with E-state index in [0.29, 0.717) is 13.2 Å². The maximum atomic E-state index is 5.68. The number of methoxy groups -OCH3 is 1. The zero-order valence-electron chi connectivity index (χ0n) is 12.2. The van der Waals surface area contributed by atoms with Crippen LogP contribution in [0.4, 0.5) is 0 Å². The number of aryl methyl sites for hydroxylation is 1. The van der Waals surface area contributed by atoms with Crippen LogP contribution >= 0.6 is 0 Å². The molecule has 108 valence electrons. The molecular weight excluding hydrogens is 254 g/mol. The molecule has 0 aliphatic carbocycles. The van der Waals surface area contributed by atoms with Crippen molar-refractivity contribution in [2.24, 2.45) is 0 Å². The molecule has 0 aliphatic heterocycles. The van der Waals surface area contributed by atoms with Gasteiger partial charge in [-0.2, -0.15) is 0 Å². The Labute approximate surface area is 119 Å². The van der Waals surface area contributed by atoms with Crippen molar-refractivity contribution in [1.29, 1.82) is 0 Å². The largest absolute Gasteiger partial charge is 0.497 e. The van der Waals surface area contributed by atoms with Gasteiger partial charge in [-0.25, -0.2) is 0 Å². The maximum Gasteiger partial charge on any atom is 0.130 e. The molecule has 20 heavy (non-hydrogen) atoms. The van der Waals surface area contributed by atoms with Gasteiger partial charge >= 0.3 is 0 Å². The summed E-state index contributed by atoms with van der Waals surface area (Å²) in [5.41, 5.74) is 2.26. The van der Waals surface area contributed by atoms with E-state index in [0.717, 1.165) is 29.4 Å². The third kappa shape index (κ3) is 3.85. The second-order valence-corrected chi connectivity index (χ2v) is 4.67. The molecule has 1 aromatic carbocycles. The quantitative estimate of drug-likeness (QED) is 0.843. The van der Waals surface area contributed by atoms with Crippen molar-refractivity contribution >= 4 is 0 Å². The summed E-state index contributed by atoms with van der Waals surface area (Å²) in [6.45, 7) is 3.80. The molecule has 2 rings (SSSR count). The maximum absolute atomic E-state index is 5.68. The number of hydrogen-bond acceptors (Lipinski definition) is 4. The highest BCUT2D eigenvalue weighted by Gasteiger charge is 2.06. The Balaban J connectivity index is 1.87. The first-order valence-corrected chi connectivity index (χ1v) is 6.66. The van der Waals surface area contributed by atoms with E-state index in [1.54, 1.807) is 7.11 Å². The van der Waals surface area contributed by atoms with Crippen molar-refractivity contribution in [3.63, 3.8) is 0 Å². The highest BCUT2D eigenvalue weighted by Crippen LogP contribution is 2.17. The lowest BCUT2D eigenvalue weighted by atomic mass is 10.2. The standard InChI is InChI=1S/C16H21NO3/c1-12-14(9-17-2)8-16(20-12)11-19-10-13-5-4-6-15(7-13)18-3/h4-8,17H,9-11H2,1-3H3. The summed E-state index contributed by atoms with van der Waals surface area (Å²) in [7, 11) is 3.58. The molecular formula is C16H21NO3. The van der Waals surface area contributed by atoms with Crippen molar-refractivity contribution in [3.05, 3.63) is 53.0 Å². The normalized spacial score (nSPS) is 10.8. The molecule has 4 heteroatoms. The molecule has 0 aliphatic rings. The van der Waals surface area contributed by atoms with Crippen molar-refractivity contribution in [3.8, 4) is 5.75 Å². The van der Waals surface area contributed by atoms with Crippen LogP contribution in [0.2, 0.25) is 0 Å². The third-order valence-electron chi connectivity index (χ3n) is 3.09. The van der Waals surface area contributed by atoms with E-state index in [1.165, 1.54) is 5.56 Å². The van der Waals surface area contributed by atoms with Gasteiger partial charge in [0.15, 0.2) is 0 Å². The lowest BCUT2D eigenvalue weighted by Crippen LogP contribution is -2.04. The van der Waals surface area contributed by atoms with Gasteiger partial charge in [0.05, 0.1) is 13.7 Å². The minimum atomic E-state index is 0.474. The summed E-state index contributed by atoms with van der Waals surface area (Å²) in [6, 6.07) is 9.91. The Morgan fingerprint density at radius 3 is 2.80 bits per heavy atom. The molecule has 0 radical (unpaired) electrons. The monoisotopic (exact) mass is 275 g/mol. The van der Waals surface area contributed by atoms with E-state index in [4.69, 9.17) is 13.9 Å². The molecule has 0 amide bonds. The van der Waals surface area contributed by atoms with Gasteiger partial charge in [-0.3, -0.25) is 0 Å². The molecule has 1 N–H and O–H groups in total. The van der Waals surface area contributed by atoms with Gasteiger partial charge in [-0.1, -0.05) is 12.1 Å². The fourth-order valence-corrected chi connectivity index (χ4v) is 2.06. The van der Waals surface area contributed by atoms with Crippen LogP contribution in [0.5, 0.6) is 5.75 Å². The van der Waals surface area contributed by atoms with Crippen molar-refractivity contribution in [1.82, 2.24) is 5.32 Å². The van der Waals surface area contributed by atoms with Crippen LogP contribution in [0.15, 0.2) is 34.7 Å². The van der Waals surface area contributed by atoms with Gasteiger partial charge in [-0.05, 0) is 37.7 Å². The van der Waals surface area contributed by atoms with Crippen molar-refractivity contribution in [2.45, 2.75) is 26.7 Å². The molecule has 4 nitrogen and oxygen atoms in total. The van der Waals surface area contributed by atoms with E-state index in [9.17, 15) is 0 Å². The summed E-state index contributed by atoms with van der Waals surface area (Å²) in [5.74, 6) is 2.64. The molecule has 0 saturated heterocycles. The van der Waals surface area contributed by atoms with Crippen LogP contribution in [-0.4, -0.2) is 14.2 Å². The summed E-state index contributed by atoms with van der Waals surface area (Å²) in [6.07, 6.45) is 0. The highest BCUT2D eigenvalue weighted by atomic mass is 16.5. The summed E-state index contributed by atoms with van der Waals surface area (Å²) >= 11 is 0. The lowest BCUT2D eigenvalue weighted by Gasteiger charge is -2.05. The lowest BCUT2D eigenvalue weighted by molar-refractivity contribution is 0.0922. The number of hydrogen-bond donors (Lipinski definition) is 1. The highest BCUT2D eigenvalue weighted by molar-refractivity contribution is 5.28. The van der Waals surface area contributed by atoms with Gasteiger partial charge in [0.2, 0.25) is 0 Å². The average Bonchev–Trinajstić information content (AvgIpc) is 2.80. The van der Waals surface area contributed by atoms with E-state index in [2.05, 4.69) is 5.32 Å². The van der Waals surface area contributed by atoms with Crippen LogP contribution in [0.3, 0.4) is 0 Å². The third-order valence-corrected chi connectivity index (χ3v) is 3.09. The second-order valence-electron chi connectivity index (χ2n) is 4.67. The molecule has 0 unspecified atom stereocenters. The smallest absolute Gasteiger partial charge is 0.130 e. The van der Waals surface area contributed by atoms with Gasteiger partial charge in [0.25, 0.3) is 0 Å². The molecule has 0 spiro atoms. The zero-order valence-corrected chi connectivity index (χ0v) is 12.2. The molecule has 1 heterocycles. The minimum Gasteiger partial charge on any atom is -0.497 e. The Hall–Kier alpha value is -1.78. The van der Waals surface area contributed by atoms with E-state index >= 15 is 0 Å². The van der Waals surface area contributed by atoms with Crippen molar-refractivity contribution in [2.75, 3.05) is 14.2 Å². The fraction of sp³-hybridized carbons (Fsp3) is 0.375. The minimum absolute atomic E-state index is 0.474. The van der Waals surface area contributed by atoms with Gasteiger partial charge in [0.1, 0.15) is 23.9 Å². The average molecular weight is 275 g/mol. The Kier molecular flexibility index (Phi) is 5.21. The zero-order chi connectivity index (χ0) is 14.4. The Morgan fingerprint density at radius 1 is 1.20 bits per heavy atom. The first-order chi connectivity index (χ1) is 9.72. The number of nitrogens with one attached hydrogen (secondary N) is 1. The molecule has 2 aromatic rings. The Bertz CT molecular complexity index is 548. The number of benzene rings is 1. The van der Waals surface area contributed by atoms with E-state index in [-0.39, 0.29) is 0 Å². The number of ether oxygens (including phenoxy) is 2. The molecule has 0 fully saturated rings. The second kappa shape index (κ2) is 7.12. The SMILES string of the molecule is CNCc1cc(COCc2cccc(OC)c2)oc1C. The van der Waals surface area contributed by atoms with Crippen LogP contribution < -0.4 is 10.1 Å². The summed E-state index contributed by atoms with van der Waals surface area (Å²) < 4.78 is 16.5. The van der Waals surface area contributed by atoms with Crippen LogP contribution in [0, 0.1) is 6.92 Å². The first-order valence-electron chi connectivity index (χ1n) is 6.66. The molecule has 0 saturated carbocycles. The number of furan rings is 1. The van der Waals surface area contributed by atoms with Crippen molar-refractivity contribution < 1.29 is 13.9 Å². The van der Waals surface area contributed by atoms with Gasteiger partial charge < -0.3 is 19.2 Å². The Morgan fingerprint density at radius 2 is 2.05 bits per heavy atom. The predicted molar refractivity (Wildman–Crippen MR) is 77.7 cm³/mol. The topological polar surface area (TPSA) is 43.6 Å². The number of rotatable bonds is 7. The van der Waals surface area contributed by atoms with Crippen LogP contribution in [0.25, 0.3) is 0 Å². The van der Waals surface area contributed by atoms with Gasteiger partial charge in [-0.15, -0.1) is 0 Å². The van der Waals surface area contributed by atoms with Crippen LogP contribution in [-0.2, 0) is 24.5 Å². The first kappa shape index (κ1) is 14.6. The van der Waals surface area contributed by atoms with E-state index < -0.39 is 0 Å². The van der Waals surface area contributed by atoms with Crippen LogP contribution in [0.1, 0.15) is 22.6 Å². The van der Waals surface area contributed by atoms with E-state index in [1.807, 2.05) is 44.3 Å². The van der Waals surface area contributed by atoms with Gasteiger partial charge in [0, 0.05) is 12.1 Å². The molecule has 1 aromatic heterocycles. The molecule has 0 atom stereocenters. The summed E-state index contributed by atoms with van der Waals surface area (Å²) in [4.78, 5) is 0. The fourth-order valence-electron chi connectivity index (χ4n) is 2.06. The molecule has 0 bridgehead atoms. The predicted octanol–water partition coefficient (Wildman–Crippen LogP) is 3.03. The summed E-state index contributed by atoms with van der Waals surface area (Å²) in [5, 5.41) is 3.12.